The molecule has 1 amide bonds. The number of rotatable bonds is 4. The molecule has 0 radical (unpaired) electrons. The number of halogens is 3. The zero-order valence-electron chi connectivity index (χ0n) is 14.5. The molecular weight excluding hydrogens is 384 g/mol. The second kappa shape index (κ2) is 7.40. The first kappa shape index (κ1) is 18.1. The largest absolute Gasteiger partial charge is 0.346 e. The summed E-state index contributed by atoms with van der Waals surface area (Å²) in [6, 6.07) is 14.3. The second-order valence-corrected chi connectivity index (χ2v) is 6.62. The number of fused-ring (bicyclic) bond motifs is 1. The monoisotopic (exact) mass is 397 g/mol. The molecule has 0 atom stereocenters. The van der Waals surface area contributed by atoms with E-state index in [4.69, 9.17) is 11.6 Å². The molecule has 1 N–H and O–H groups in total. The molecule has 0 saturated carbocycles. The molecule has 0 aliphatic carbocycles. The zero-order chi connectivity index (χ0) is 19.7. The van der Waals surface area contributed by atoms with Crippen LogP contribution < -0.4 is 5.32 Å². The minimum Gasteiger partial charge on any atom is -0.346 e. The molecule has 2 aromatic heterocycles. The van der Waals surface area contributed by atoms with Crippen molar-refractivity contribution in [2.24, 2.45) is 0 Å². The van der Waals surface area contributed by atoms with Gasteiger partial charge in [0.1, 0.15) is 23.0 Å². The van der Waals surface area contributed by atoms with Gasteiger partial charge in [0.25, 0.3) is 5.91 Å². The van der Waals surface area contributed by atoms with Gasteiger partial charge in [-0.15, -0.1) is 0 Å². The number of hydrogen-bond acceptors (Lipinski definition) is 2. The van der Waals surface area contributed by atoms with E-state index >= 15 is 0 Å². The van der Waals surface area contributed by atoms with Crippen molar-refractivity contribution >= 4 is 23.2 Å². The number of pyridine rings is 1. The van der Waals surface area contributed by atoms with Gasteiger partial charge in [0, 0.05) is 24.5 Å². The minimum atomic E-state index is -0.483. The lowest BCUT2D eigenvalue weighted by atomic mass is 10.1. The number of nitrogens with zero attached hydrogens (tertiary/aromatic N) is 2. The van der Waals surface area contributed by atoms with Crippen LogP contribution in [0.25, 0.3) is 16.8 Å². The SMILES string of the molecule is O=C(NCc1ccccc1F)c1cn2cc(-c3ccc(F)c(Cl)c3)ccc2n1. The molecule has 0 unspecified atom stereocenters. The first-order chi connectivity index (χ1) is 13.5. The van der Waals surface area contributed by atoms with E-state index in [0.717, 1.165) is 11.1 Å². The first-order valence-electron chi connectivity index (χ1n) is 8.47. The molecule has 2 heterocycles. The molecule has 28 heavy (non-hydrogen) atoms. The van der Waals surface area contributed by atoms with E-state index in [0.29, 0.717) is 11.2 Å². The van der Waals surface area contributed by atoms with Gasteiger partial charge in [-0.05, 0) is 41.5 Å². The van der Waals surface area contributed by atoms with E-state index in [1.807, 2.05) is 6.07 Å². The summed E-state index contributed by atoms with van der Waals surface area (Å²) in [6.45, 7) is 0.0682. The van der Waals surface area contributed by atoms with Crippen LogP contribution >= 0.6 is 11.6 Å². The Morgan fingerprint density at radius 2 is 1.79 bits per heavy atom. The van der Waals surface area contributed by atoms with E-state index in [1.54, 1.807) is 47.1 Å². The van der Waals surface area contributed by atoms with Crippen LogP contribution in [0.3, 0.4) is 0 Å². The second-order valence-electron chi connectivity index (χ2n) is 6.21. The fraction of sp³-hybridized carbons (Fsp3) is 0.0476. The van der Waals surface area contributed by atoms with Crippen molar-refractivity contribution < 1.29 is 13.6 Å². The molecule has 4 nitrogen and oxygen atoms in total. The maximum Gasteiger partial charge on any atom is 0.271 e. The highest BCUT2D eigenvalue weighted by atomic mass is 35.5. The molecule has 0 aliphatic rings. The van der Waals surface area contributed by atoms with Crippen LogP contribution in [-0.2, 0) is 6.54 Å². The fourth-order valence-corrected chi connectivity index (χ4v) is 3.04. The number of aromatic nitrogens is 2. The third kappa shape index (κ3) is 3.59. The Labute approximate surface area is 164 Å². The lowest BCUT2D eigenvalue weighted by molar-refractivity contribution is 0.0946. The van der Waals surface area contributed by atoms with Crippen LogP contribution in [-0.4, -0.2) is 15.3 Å². The molecule has 0 aliphatic heterocycles. The van der Waals surface area contributed by atoms with Crippen molar-refractivity contribution in [2.75, 3.05) is 0 Å². The molecule has 0 fully saturated rings. The van der Waals surface area contributed by atoms with Gasteiger partial charge in [0.05, 0.1) is 5.02 Å². The fourth-order valence-electron chi connectivity index (χ4n) is 2.86. The highest BCUT2D eigenvalue weighted by Crippen LogP contribution is 2.25. The molecule has 0 saturated heterocycles. The maximum atomic E-state index is 13.7. The van der Waals surface area contributed by atoms with Gasteiger partial charge in [0.2, 0.25) is 0 Å². The van der Waals surface area contributed by atoms with E-state index in [1.165, 1.54) is 18.2 Å². The summed E-state index contributed by atoms with van der Waals surface area (Å²) in [5.41, 5.74) is 2.73. The average molecular weight is 398 g/mol. The topological polar surface area (TPSA) is 46.4 Å². The summed E-state index contributed by atoms with van der Waals surface area (Å²) in [7, 11) is 0. The summed E-state index contributed by atoms with van der Waals surface area (Å²) >= 11 is 5.85. The lowest BCUT2D eigenvalue weighted by Crippen LogP contribution is -2.23. The zero-order valence-corrected chi connectivity index (χ0v) is 15.3. The average Bonchev–Trinajstić information content (AvgIpc) is 3.12. The van der Waals surface area contributed by atoms with E-state index in [-0.39, 0.29) is 23.1 Å². The summed E-state index contributed by atoms with van der Waals surface area (Å²) in [5, 5.41) is 2.70. The maximum absolute atomic E-state index is 13.7. The molecule has 140 valence electrons. The molecule has 4 rings (SSSR count). The number of hydrogen-bond donors (Lipinski definition) is 1. The van der Waals surface area contributed by atoms with Gasteiger partial charge in [0.15, 0.2) is 0 Å². The molecule has 2 aromatic carbocycles. The number of imidazole rings is 1. The minimum absolute atomic E-state index is 0.0384. The highest BCUT2D eigenvalue weighted by molar-refractivity contribution is 6.31. The van der Waals surface area contributed by atoms with Gasteiger partial charge in [-0.2, -0.15) is 0 Å². The predicted octanol–water partition coefficient (Wildman–Crippen LogP) is 4.86. The molecule has 0 bridgehead atoms. The Morgan fingerprint density at radius 3 is 2.57 bits per heavy atom. The van der Waals surface area contributed by atoms with Crippen LogP contribution in [0.4, 0.5) is 8.78 Å². The van der Waals surface area contributed by atoms with Crippen molar-refractivity contribution in [3.05, 3.63) is 94.9 Å². The normalized spacial score (nSPS) is 11.0. The van der Waals surface area contributed by atoms with Gasteiger partial charge < -0.3 is 9.72 Å². The van der Waals surface area contributed by atoms with Crippen LogP contribution in [0.1, 0.15) is 16.1 Å². The predicted molar refractivity (Wildman–Crippen MR) is 103 cm³/mol. The van der Waals surface area contributed by atoms with Crippen LogP contribution in [0.15, 0.2) is 67.0 Å². The Hall–Kier alpha value is -3.25. The third-order valence-corrected chi connectivity index (χ3v) is 4.62. The van der Waals surface area contributed by atoms with Gasteiger partial charge in [-0.1, -0.05) is 35.9 Å². The van der Waals surface area contributed by atoms with E-state index < -0.39 is 11.7 Å². The van der Waals surface area contributed by atoms with Gasteiger partial charge in [-0.3, -0.25) is 4.79 Å². The van der Waals surface area contributed by atoms with Crippen molar-refractivity contribution in [1.29, 1.82) is 0 Å². The highest BCUT2D eigenvalue weighted by Gasteiger charge is 2.12. The van der Waals surface area contributed by atoms with Crippen molar-refractivity contribution in [3.63, 3.8) is 0 Å². The van der Waals surface area contributed by atoms with Crippen molar-refractivity contribution in [3.8, 4) is 11.1 Å². The number of benzene rings is 2. The van der Waals surface area contributed by atoms with Crippen molar-refractivity contribution in [1.82, 2.24) is 14.7 Å². The third-order valence-electron chi connectivity index (χ3n) is 4.33. The van der Waals surface area contributed by atoms with E-state index in [9.17, 15) is 13.6 Å². The summed E-state index contributed by atoms with van der Waals surface area (Å²) in [4.78, 5) is 16.7. The molecule has 0 spiro atoms. The Bertz CT molecular complexity index is 1190. The number of carbonyl (C=O) groups excluding carboxylic acids is 1. The standard InChI is InChI=1S/C21H14ClF2N3O/c22-16-9-13(5-7-18(16)24)15-6-8-20-26-19(12-27(20)11-15)21(28)25-10-14-3-1-2-4-17(14)23/h1-9,11-12H,10H2,(H,25,28). The van der Waals surface area contributed by atoms with Crippen LogP contribution in [0, 0.1) is 11.6 Å². The Morgan fingerprint density at radius 1 is 1.00 bits per heavy atom. The Kier molecular flexibility index (Phi) is 4.79. The molecule has 7 heteroatoms. The lowest BCUT2D eigenvalue weighted by Gasteiger charge is -2.04. The summed E-state index contributed by atoms with van der Waals surface area (Å²) in [6.07, 6.45) is 3.36. The van der Waals surface area contributed by atoms with Crippen molar-refractivity contribution in [2.45, 2.75) is 6.54 Å². The first-order valence-corrected chi connectivity index (χ1v) is 8.85. The summed E-state index contributed by atoms with van der Waals surface area (Å²) in [5.74, 6) is -1.26. The number of nitrogens with one attached hydrogen (secondary N) is 1. The number of amides is 1. The smallest absolute Gasteiger partial charge is 0.271 e. The summed E-state index contributed by atoms with van der Waals surface area (Å²) < 4.78 is 28.7. The molecule has 4 aromatic rings. The quantitative estimate of drug-likeness (QED) is 0.534. The van der Waals surface area contributed by atoms with Gasteiger partial charge in [-0.25, -0.2) is 13.8 Å². The van der Waals surface area contributed by atoms with Gasteiger partial charge >= 0.3 is 0 Å². The van der Waals surface area contributed by atoms with Crippen LogP contribution in [0.5, 0.6) is 0 Å². The number of carbonyl (C=O) groups is 1. The van der Waals surface area contributed by atoms with E-state index in [2.05, 4.69) is 10.3 Å². The van der Waals surface area contributed by atoms with Crippen LogP contribution in [0.2, 0.25) is 5.02 Å². The Balaban J connectivity index is 1.56. The molecular formula is C21H14ClF2N3O.